The fourth-order valence-corrected chi connectivity index (χ4v) is 1.95. The molecule has 0 fully saturated rings. The molecule has 0 bridgehead atoms. The molecule has 2 heterocycles. The van der Waals surface area contributed by atoms with Gasteiger partial charge in [0.05, 0.1) is 6.21 Å². The number of nitrogens with zero attached hydrogens (tertiary/aromatic N) is 3. The zero-order chi connectivity index (χ0) is 13.9. The topological polar surface area (TPSA) is 75.1 Å². The Morgan fingerprint density at radius 2 is 2.25 bits per heavy atom. The second-order valence-electron chi connectivity index (χ2n) is 4.36. The number of benzene rings is 1. The first kappa shape index (κ1) is 12.2. The van der Waals surface area contributed by atoms with Gasteiger partial charge < -0.3 is 4.98 Å². The van der Waals surface area contributed by atoms with Crippen LogP contribution in [-0.2, 0) is 7.05 Å². The van der Waals surface area contributed by atoms with Crippen LogP contribution >= 0.6 is 0 Å². The molecule has 0 atom stereocenters. The quantitative estimate of drug-likeness (QED) is 0.559. The molecule has 100 valence electrons. The maximum Gasteiger partial charge on any atom is 0.291 e. The van der Waals surface area contributed by atoms with Crippen LogP contribution in [0, 0.1) is 0 Å². The van der Waals surface area contributed by atoms with Gasteiger partial charge in [0.25, 0.3) is 5.91 Å². The number of fused-ring (bicyclic) bond motifs is 1. The third kappa shape index (κ3) is 2.31. The number of carbonyl (C=O) groups excluding carboxylic acids is 1. The van der Waals surface area contributed by atoms with E-state index >= 15 is 0 Å². The van der Waals surface area contributed by atoms with Crippen LogP contribution in [0.2, 0.25) is 0 Å². The number of hydrogen-bond acceptors (Lipinski definition) is 3. The summed E-state index contributed by atoms with van der Waals surface area (Å²) in [5.41, 5.74) is 4.74. The summed E-state index contributed by atoms with van der Waals surface area (Å²) in [6.45, 7) is 0. The van der Waals surface area contributed by atoms with Gasteiger partial charge in [0.1, 0.15) is 0 Å². The van der Waals surface area contributed by atoms with Gasteiger partial charge in [0.15, 0.2) is 5.69 Å². The molecule has 1 amide bonds. The van der Waals surface area contributed by atoms with Crippen molar-refractivity contribution in [2.75, 3.05) is 0 Å². The number of H-pyrrole nitrogens is 1. The number of rotatable bonds is 3. The van der Waals surface area contributed by atoms with E-state index in [1.807, 2.05) is 30.5 Å². The molecule has 0 radical (unpaired) electrons. The zero-order valence-electron chi connectivity index (χ0n) is 10.9. The van der Waals surface area contributed by atoms with Crippen molar-refractivity contribution >= 4 is 23.0 Å². The summed E-state index contributed by atoms with van der Waals surface area (Å²) in [5.74, 6) is -0.332. The van der Waals surface area contributed by atoms with Gasteiger partial charge in [-0.1, -0.05) is 18.2 Å². The van der Waals surface area contributed by atoms with E-state index in [1.165, 1.54) is 0 Å². The number of carbonyl (C=O) groups is 1. The molecular weight excluding hydrogens is 254 g/mol. The van der Waals surface area contributed by atoms with E-state index in [0.717, 1.165) is 16.5 Å². The molecule has 6 nitrogen and oxygen atoms in total. The van der Waals surface area contributed by atoms with Crippen LogP contribution in [-0.4, -0.2) is 26.9 Å². The Hall–Kier alpha value is -2.89. The minimum Gasteiger partial charge on any atom is -0.361 e. The molecule has 0 saturated carbocycles. The molecule has 20 heavy (non-hydrogen) atoms. The average molecular weight is 267 g/mol. The van der Waals surface area contributed by atoms with Crippen LogP contribution in [0.4, 0.5) is 0 Å². The molecule has 1 aromatic carbocycles. The van der Waals surface area contributed by atoms with Gasteiger partial charge >= 0.3 is 0 Å². The summed E-state index contributed by atoms with van der Waals surface area (Å²) >= 11 is 0. The van der Waals surface area contributed by atoms with Gasteiger partial charge in [-0.3, -0.25) is 9.48 Å². The summed E-state index contributed by atoms with van der Waals surface area (Å²) in [7, 11) is 1.76. The van der Waals surface area contributed by atoms with E-state index in [9.17, 15) is 4.79 Å². The molecule has 2 aromatic heterocycles. The van der Waals surface area contributed by atoms with Crippen LogP contribution in [0.5, 0.6) is 0 Å². The van der Waals surface area contributed by atoms with E-state index in [0.29, 0.717) is 5.69 Å². The Bertz CT molecular complexity index is 784. The summed E-state index contributed by atoms with van der Waals surface area (Å²) in [6, 6.07) is 9.53. The van der Waals surface area contributed by atoms with Crippen molar-refractivity contribution in [3.8, 4) is 0 Å². The highest BCUT2D eigenvalue weighted by molar-refractivity contribution is 5.99. The van der Waals surface area contributed by atoms with Crippen molar-refractivity contribution in [3.63, 3.8) is 0 Å². The molecule has 0 unspecified atom stereocenters. The first-order chi connectivity index (χ1) is 9.74. The number of aryl methyl sites for hydroxylation is 1. The number of nitrogens with one attached hydrogen (secondary N) is 2. The third-order valence-corrected chi connectivity index (χ3v) is 2.94. The lowest BCUT2D eigenvalue weighted by atomic mass is 10.2. The Morgan fingerprint density at radius 3 is 3.05 bits per heavy atom. The lowest BCUT2D eigenvalue weighted by Crippen LogP contribution is -2.18. The van der Waals surface area contributed by atoms with E-state index in [2.05, 4.69) is 20.6 Å². The van der Waals surface area contributed by atoms with E-state index in [4.69, 9.17) is 0 Å². The van der Waals surface area contributed by atoms with Crippen molar-refractivity contribution in [1.29, 1.82) is 0 Å². The lowest BCUT2D eigenvalue weighted by molar-refractivity contribution is 0.0949. The van der Waals surface area contributed by atoms with E-state index in [-0.39, 0.29) is 5.91 Å². The van der Waals surface area contributed by atoms with Crippen LogP contribution in [0.15, 0.2) is 47.8 Å². The van der Waals surface area contributed by atoms with Gasteiger partial charge in [0, 0.05) is 35.9 Å². The molecule has 0 spiro atoms. The summed E-state index contributed by atoms with van der Waals surface area (Å²) in [5, 5.41) is 9.02. The van der Waals surface area contributed by atoms with Gasteiger partial charge in [-0.05, 0) is 12.1 Å². The Labute approximate surface area is 115 Å². The highest BCUT2D eigenvalue weighted by atomic mass is 16.2. The second kappa shape index (κ2) is 5.00. The van der Waals surface area contributed by atoms with Crippen molar-refractivity contribution in [2.45, 2.75) is 0 Å². The monoisotopic (exact) mass is 267 g/mol. The third-order valence-electron chi connectivity index (χ3n) is 2.94. The molecule has 0 aliphatic heterocycles. The largest absolute Gasteiger partial charge is 0.361 e. The predicted octanol–water partition coefficient (Wildman–Crippen LogP) is 1.67. The smallest absolute Gasteiger partial charge is 0.291 e. The standard InChI is InChI=1S/C14H13N5O/c1-19-7-6-13(18-19)14(20)17-16-9-10-8-15-12-5-3-2-4-11(10)12/h2-9,15H,1H3,(H,17,20)/b16-9+. The van der Waals surface area contributed by atoms with Crippen LogP contribution in [0.3, 0.4) is 0 Å². The maximum absolute atomic E-state index is 11.7. The number of aromatic amines is 1. The summed E-state index contributed by atoms with van der Waals surface area (Å²) in [6.07, 6.45) is 5.17. The van der Waals surface area contributed by atoms with Gasteiger partial charge in [-0.25, -0.2) is 5.43 Å². The van der Waals surface area contributed by atoms with Crippen molar-refractivity contribution in [3.05, 3.63) is 54.0 Å². The highest BCUT2D eigenvalue weighted by Gasteiger charge is 2.07. The fraction of sp³-hybridized carbons (Fsp3) is 0.0714. The van der Waals surface area contributed by atoms with Crippen LogP contribution in [0.25, 0.3) is 10.9 Å². The minimum absolute atomic E-state index is 0.332. The number of hydrazone groups is 1. The fourth-order valence-electron chi connectivity index (χ4n) is 1.95. The van der Waals surface area contributed by atoms with Crippen molar-refractivity contribution in [1.82, 2.24) is 20.2 Å². The van der Waals surface area contributed by atoms with Gasteiger partial charge in [0.2, 0.25) is 0 Å². The lowest BCUT2D eigenvalue weighted by Gasteiger charge is -1.95. The minimum atomic E-state index is -0.332. The predicted molar refractivity (Wildman–Crippen MR) is 76.6 cm³/mol. The Kier molecular flexibility index (Phi) is 3.04. The van der Waals surface area contributed by atoms with Gasteiger partial charge in [-0.2, -0.15) is 10.2 Å². The normalized spacial score (nSPS) is 11.2. The average Bonchev–Trinajstić information content (AvgIpc) is 3.06. The number of aromatic nitrogens is 3. The van der Waals surface area contributed by atoms with E-state index in [1.54, 1.807) is 30.2 Å². The van der Waals surface area contributed by atoms with Crippen molar-refractivity contribution < 1.29 is 4.79 Å². The first-order valence-electron chi connectivity index (χ1n) is 6.13. The molecular formula is C14H13N5O. The first-order valence-corrected chi connectivity index (χ1v) is 6.13. The van der Waals surface area contributed by atoms with E-state index < -0.39 is 0 Å². The van der Waals surface area contributed by atoms with Crippen LogP contribution < -0.4 is 5.43 Å². The molecule has 0 aliphatic carbocycles. The highest BCUT2D eigenvalue weighted by Crippen LogP contribution is 2.15. The van der Waals surface area contributed by atoms with Gasteiger partial charge in [-0.15, -0.1) is 0 Å². The molecule has 6 heteroatoms. The second-order valence-corrected chi connectivity index (χ2v) is 4.36. The molecule has 0 saturated heterocycles. The molecule has 3 aromatic rings. The summed E-state index contributed by atoms with van der Waals surface area (Å²) < 4.78 is 1.57. The van der Waals surface area contributed by atoms with Crippen LogP contribution in [0.1, 0.15) is 16.1 Å². The summed E-state index contributed by atoms with van der Waals surface area (Å²) in [4.78, 5) is 14.9. The molecule has 0 aliphatic rings. The Morgan fingerprint density at radius 1 is 1.40 bits per heavy atom. The number of para-hydroxylation sites is 1. The number of amides is 1. The van der Waals surface area contributed by atoms with Crippen molar-refractivity contribution in [2.24, 2.45) is 12.1 Å². The number of hydrogen-bond donors (Lipinski definition) is 2. The Balaban J connectivity index is 1.73. The molecule has 2 N–H and O–H groups in total. The molecule has 3 rings (SSSR count). The SMILES string of the molecule is Cn1ccc(C(=O)N/N=C/c2c[nH]c3ccccc23)n1. The zero-order valence-corrected chi connectivity index (χ0v) is 10.9. The maximum atomic E-state index is 11.7.